The number of rotatable bonds is 5. The Morgan fingerprint density at radius 2 is 2.00 bits per heavy atom. The number of nitro groups is 1. The summed E-state index contributed by atoms with van der Waals surface area (Å²) >= 11 is 6.44. The first-order valence-corrected chi connectivity index (χ1v) is 9.78. The number of nitrogens with zero attached hydrogens (tertiary/aromatic N) is 4. The van der Waals surface area contributed by atoms with E-state index in [0.717, 1.165) is 5.39 Å². The summed E-state index contributed by atoms with van der Waals surface area (Å²) in [5, 5.41) is 17.2. The van der Waals surface area contributed by atoms with Gasteiger partial charge in [-0.3, -0.25) is 14.9 Å². The van der Waals surface area contributed by atoms with Crippen LogP contribution in [0.1, 0.15) is 31.2 Å². The van der Waals surface area contributed by atoms with E-state index < -0.39 is 11.2 Å². The standard InChI is InChI=1S/C21H17ClN4O5/c1-3-30-16-9-6-14-10-17(19(22)23-18(14)11-16)21-25(12(2)27)24-20(31-21)13-4-7-15(8-5-13)26(28)29/h4-11,21H,3H2,1-2H3/t21-/m0/s1. The van der Waals surface area contributed by atoms with Gasteiger partial charge in [-0.1, -0.05) is 11.6 Å². The van der Waals surface area contributed by atoms with Crippen LogP contribution in [-0.2, 0) is 9.53 Å². The highest BCUT2D eigenvalue weighted by atomic mass is 35.5. The highest BCUT2D eigenvalue weighted by Crippen LogP contribution is 2.36. The quantitative estimate of drug-likeness (QED) is 0.330. The molecular weight excluding hydrogens is 424 g/mol. The van der Waals surface area contributed by atoms with Crippen molar-refractivity contribution in [2.75, 3.05) is 6.61 Å². The Bertz CT molecular complexity index is 1210. The van der Waals surface area contributed by atoms with Gasteiger partial charge >= 0.3 is 0 Å². The third-order valence-corrected chi connectivity index (χ3v) is 4.94. The molecule has 1 amide bonds. The van der Waals surface area contributed by atoms with Crippen LogP contribution in [0.5, 0.6) is 5.75 Å². The summed E-state index contributed by atoms with van der Waals surface area (Å²) in [5.41, 5.74) is 1.54. The molecule has 0 aliphatic carbocycles. The van der Waals surface area contributed by atoms with Crippen molar-refractivity contribution < 1.29 is 19.2 Å². The number of carbonyl (C=O) groups excluding carboxylic acids is 1. The number of halogens is 1. The van der Waals surface area contributed by atoms with Crippen LogP contribution in [0.4, 0.5) is 5.69 Å². The summed E-state index contributed by atoms with van der Waals surface area (Å²) in [7, 11) is 0. The minimum absolute atomic E-state index is 0.0597. The van der Waals surface area contributed by atoms with Gasteiger partial charge in [0.05, 0.1) is 22.6 Å². The lowest BCUT2D eigenvalue weighted by atomic mass is 10.1. The van der Waals surface area contributed by atoms with E-state index in [1.807, 2.05) is 19.1 Å². The van der Waals surface area contributed by atoms with Crippen molar-refractivity contribution in [3.05, 3.63) is 74.9 Å². The molecule has 0 unspecified atom stereocenters. The minimum atomic E-state index is -0.918. The van der Waals surface area contributed by atoms with E-state index in [9.17, 15) is 14.9 Å². The van der Waals surface area contributed by atoms with Gasteiger partial charge in [0.2, 0.25) is 18.0 Å². The van der Waals surface area contributed by atoms with Crippen LogP contribution >= 0.6 is 11.6 Å². The Morgan fingerprint density at radius 3 is 2.65 bits per heavy atom. The number of aromatic nitrogens is 1. The van der Waals surface area contributed by atoms with Crippen LogP contribution < -0.4 is 4.74 Å². The molecule has 3 aromatic rings. The van der Waals surface area contributed by atoms with Gasteiger partial charge in [0, 0.05) is 36.1 Å². The van der Waals surface area contributed by atoms with Gasteiger partial charge in [-0.2, -0.15) is 5.01 Å². The molecule has 1 aliphatic heterocycles. The van der Waals surface area contributed by atoms with E-state index in [-0.39, 0.29) is 22.6 Å². The summed E-state index contributed by atoms with van der Waals surface area (Å²) < 4.78 is 11.4. The summed E-state index contributed by atoms with van der Waals surface area (Å²) in [6.45, 7) is 3.78. The zero-order chi connectivity index (χ0) is 22.1. The number of hydrogen-bond donors (Lipinski definition) is 0. The molecule has 0 bridgehead atoms. The molecule has 1 atom stereocenters. The van der Waals surface area contributed by atoms with E-state index in [0.29, 0.717) is 29.0 Å². The molecule has 2 aromatic carbocycles. The Balaban J connectivity index is 1.69. The van der Waals surface area contributed by atoms with Crippen molar-refractivity contribution in [3.8, 4) is 5.75 Å². The Labute approximate surface area is 182 Å². The van der Waals surface area contributed by atoms with Crippen molar-refractivity contribution in [2.24, 2.45) is 5.10 Å². The summed E-state index contributed by atoms with van der Waals surface area (Å²) in [6, 6.07) is 12.9. The van der Waals surface area contributed by atoms with Gasteiger partial charge in [0.15, 0.2) is 0 Å². The molecule has 1 aromatic heterocycles. The Hall–Kier alpha value is -3.72. The third kappa shape index (κ3) is 3.99. The first kappa shape index (κ1) is 20.5. The molecular formula is C21H17ClN4O5. The number of nitro benzene ring substituents is 1. The monoisotopic (exact) mass is 440 g/mol. The molecule has 158 valence electrons. The first-order chi connectivity index (χ1) is 14.9. The average molecular weight is 441 g/mol. The van der Waals surface area contributed by atoms with Crippen LogP contribution in [0, 0.1) is 10.1 Å². The second-order valence-corrected chi connectivity index (χ2v) is 7.06. The third-order valence-electron chi connectivity index (χ3n) is 4.64. The molecule has 4 rings (SSSR count). The summed E-state index contributed by atoms with van der Waals surface area (Å²) in [4.78, 5) is 27.0. The highest BCUT2D eigenvalue weighted by Gasteiger charge is 2.35. The van der Waals surface area contributed by atoms with Crippen LogP contribution in [0.2, 0.25) is 5.15 Å². The van der Waals surface area contributed by atoms with Crippen LogP contribution in [0.3, 0.4) is 0 Å². The molecule has 0 saturated heterocycles. The SMILES string of the molecule is CCOc1ccc2cc([C@@H]3OC(c4ccc([N+](=O)[O-])cc4)=NN3C(C)=O)c(Cl)nc2c1. The van der Waals surface area contributed by atoms with Crippen LogP contribution in [0.15, 0.2) is 53.6 Å². The number of benzene rings is 2. The molecule has 0 spiro atoms. The van der Waals surface area contributed by atoms with Crippen molar-refractivity contribution >= 4 is 40.0 Å². The van der Waals surface area contributed by atoms with Gasteiger partial charge in [0.1, 0.15) is 10.9 Å². The molecule has 0 N–H and O–H groups in total. The van der Waals surface area contributed by atoms with Crippen molar-refractivity contribution in [2.45, 2.75) is 20.1 Å². The normalized spacial score (nSPS) is 15.5. The second-order valence-electron chi connectivity index (χ2n) is 6.70. The number of fused-ring (bicyclic) bond motifs is 1. The molecule has 2 heterocycles. The summed E-state index contributed by atoms with van der Waals surface area (Å²) in [5.74, 6) is 0.473. The molecule has 31 heavy (non-hydrogen) atoms. The number of carbonyl (C=O) groups is 1. The number of ether oxygens (including phenoxy) is 2. The molecule has 1 aliphatic rings. The van der Waals surface area contributed by atoms with Gasteiger partial charge in [0.25, 0.3) is 5.69 Å². The lowest BCUT2D eigenvalue weighted by Gasteiger charge is -2.20. The minimum Gasteiger partial charge on any atom is -0.494 e. The lowest BCUT2D eigenvalue weighted by Crippen LogP contribution is -2.25. The molecule has 0 radical (unpaired) electrons. The molecule has 0 saturated carbocycles. The number of hydrazone groups is 1. The van der Waals surface area contributed by atoms with Crippen LogP contribution in [0.25, 0.3) is 10.9 Å². The largest absolute Gasteiger partial charge is 0.494 e. The van der Waals surface area contributed by atoms with Gasteiger partial charge in [-0.25, -0.2) is 4.98 Å². The topological polar surface area (TPSA) is 107 Å². The molecule has 9 nitrogen and oxygen atoms in total. The number of non-ortho nitro benzene ring substituents is 1. The average Bonchev–Trinajstić information content (AvgIpc) is 3.19. The Morgan fingerprint density at radius 1 is 1.26 bits per heavy atom. The van der Waals surface area contributed by atoms with Gasteiger partial charge in [-0.05, 0) is 37.3 Å². The fourth-order valence-corrected chi connectivity index (χ4v) is 3.42. The van der Waals surface area contributed by atoms with E-state index in [2.05, 4.69) is 10.1 Å². The van der Waals surface area contributed by atoms with Crippen molar-refractivity contribution in [3.63, 3.8) is 0 Å². The maximum atomic E-state index is 12.2. The number of hydrogen-bond acceptors (Lipinski definition) is 7. The van der Waals surface area contributed by atoms with Crippen LogP contribution in [-0.4, -0.2) is 33.3 Å². The highest BCUT2D eigenvalue weighted by molar-refractivity contribution is 6.30. The predicted molar refractivity (Wildman–Crippen MR) is 114 cm³/mol. The van der Waals surface area contributed by atoms with Gasteiger partial charge < -0.3 is 9.47 Å². The zero-order valence-corrected chi connectivity index (χ0v) is 17.4. The smallest absolute Gasteiger partial charge is 0.269 e. The van der Waals surface area contributed by atoms with E-state index in [1.54, 1.807) is 12.1 Å². The predicted octanol–water partition coefficient (Wildman–Crippen LogP) is 4.43. The van der Waals surface area contributed by atoms with Gasteiger partial charge in [-0.15, -0.1) is 5.10 Å². The van der Waals surface area contributed by atoms with E-state index >= 15 is 0 Å². The molecule has 0 fully saturated rings. The second kappa shape index (κ2) is 8.19. The first-order valence-electron chi connectivity index (χ1n) is 9.40. The fraction of sp³-hybridized carbons (Fsp3) is 0.190. The zero-order valence-electron chi connectivity index (χ0n) is 16.6. The van der Waals surface area contributed by atoms with E-state index in [1.165, 1.54) is 36.2 Å². The fourth-order valence-electron chi connectivity index (χ4n) is 3.18. The maximum Gasteiger partial charge on any atom is 0.269 e. The van der Waals surface area contributed by atoms with Crippen molar-refractivity contribution in [1.29, 1.82) is 0 Å². The maximum absolute atomic E-state index is 12.2. The number of pyridine rings is 1. The van der Waals surface area contributed by atoms with E-state index in [4.69, 9.17) is 21.1 Å². The van der Waals surface area contributed by atoms with Crippen molar-refractivity contribution in [1.82, 2.24) is 9.99 Å². The number of amides is 1. The Kier molecular flexibility index (Phi) is 5.43. The lowest BCUT2D eigenvalue weighted by molar-refractivity contribution is -0.384. The summed E-state index contributed by atoms with van der Waals surface area (Å²) in [6.07, 6.45) is -0.918. The molecule has 10 heteroatoms.